The summed E-state index contributed by atoms with van der Waals surface area (Å²) in [7, 11) is 0. The molecule has 0 saturated heterocycles. The lowest BCUT2D eigenvalue weighted by Crippen LogP contribution is -2.08. The zero-order chi connectivity index (χ0) is 7.52. The van der Waals surface area contributed by atoms with Gasteiger partial charge >= 0.3 is 0 Å². The van der Waals surface area contributed by atoms with E-state index in [2.05, 4.69) is 11.5 Å². The van der Waals surface area contributed by atoms with Gasteiger partial charge in [-0.15, -0.1) is 12.4 Å². The van der Waals surface area contributed by atoms with E-state index in [1.54, 1.807) is 6.20 Å². The number of hydroxylamine groups is 1. The number of rotatable bonds is 0. The molecule has 1 heterocycles. The van der Waals surface area contributed by atoms with Crippen molar-refractivity contribution in [3.63, 3.8) is 0 Å². The second kappa shape index (κ2) is 4.02. The normalized spacial score (nSPS) is 13.0. The van der Waals surface area contributed by atoms with E-state index >= 15 is 0 Å². The Labute approximate surface area is 77.6 Å². The highest BCUT2D eigenvalue weighted by Crippen LogP contribution is 2.18. The van der Waals surface area contributed by atoms with Crippen LogP contribution in [-0.4, -0.2) is 0 Å². The predicted molar refractivity (Wildman–Crippen MR) is 50.3 cm³/mol. The molecular formula is C9H10ClNO. The Morgan fingerprint density at radius 3 is 3.00 bits per heavy atom. The van der Waals surface area contributed by atoms with Crippen molar-refractivity contribution in [3.05, 3.63) is 42.1 Å². The maximum atomic E-state index is 5.21. The van der Waals surface area contributed by atoms with Crippen molar-refractivity contribution in [1.82, 2.24) is 5.48 Å². The van der Waals surface area contributed by atoms with Crippen molar-refractivity contribution in [1.29, 1.82) is 0 Å². The summed E-state index contributed by atoms with van der Waals surface area (Å²) in [5, 5.41) is 0. The van der Waals surface area contributed by atoms with Crippen molar-refractivity contribution in [3.8, 4) is 5.75 Å². The molecular weight excluding hydrogens is 174 g/mol. The van der Waals surface area contributed by atoms with E-state index < -0.39 is 0 Å². The molecule has 1 N–H and O–H groups in total. The van der Waals surface area contributed by atoms with E-state index in [-0.39, 0.29) is 12.4 Å². The molecule has 12 heavy (non-hydrogen) atoms. The Kier molecular flexibility index (Phi) is 3.00. The summed E-state index contributed by atoms with van der Waals surface area (Å²) in [6.45, 7) is 0. The number of hydrogen-bond acceptors (Lipinski definition) is 2. The Balaban J connectivity index is 0.000000720. The molecule has 2 nitrogen and oxygen atoms in total. The molecule has 0 atom stereocenters. The average molecular weight is 184 g/mol. The van der Waals surface area contributed by atoms with Crippen LogP contribution in [0.4, 0.5) is 0 Å². The van der Waals surface area contributed by atoms with Crippen molar-refractivity contribution < 1.29 is 4.84 Å². The standard InChI is InChI=1S/C9H9NO.ClH/c1-2-6-9-8(4-1)5-3-7-10-11-9;/h1-4,6-7,10H,5H2;1H. The lowest BCUT2D eigenvalue weighted by Gasteiger charge is -2.04. The van der Waals surface area contributed by atoms with Crippen LogP contribution in [0.3, 0.4) is 0 Å². The monoisotopic (exact) mass is 183 g/mol. The molecule has 1 aromatic rings. The Hall–Kier alpha value is -1.15. The van der Waals surface area contributed by atoms with Crippen molar-refractivity contribution in [2.24, 2.45) is 0 Å². The van der Waals surface area contributed by atoms with Crippen LogP contribution in [0, 0.1) is 0 Å². The van der Waals surface area contributed by atoms with E-state index in [1.165, 1.54) is 5.56 Å². The molecule has 64 valence electrons. The first-order valence-electron chi connectivity index (χ1n) is 3.62. The van der Waals surface area contributed by atoms with Gasteiger partial charge in [0.2, 0.25) is 0 Å². The maximum absolute atomic E-state index is 5.21. The van der Waals surface area contributed by atoms with Gasteiger partial charge in [0.25, 0.3) is 0 Å². The summed E-state index contributed by atoms with van der Waals surface area (Å²) in [5.41, 5.74) is 3.94. The lowest BCUT2D eigenvalue weighted by atomic mass is 10.1. The zero-order valence-corrected chi connectivity index (χ0v) is 7.30. The van der Waals surface area contributed by atoms with Gasteiger partial charge in [-0.3, -0.25) is 0 Å². The van der Waals surface area contributed by atoms with Gasteiger partial charge in [0, 0.05) is 11.8 Å². The van der Waals surface area contributed by atoms with Gasteiger partial charge in [0.1, 0.15) is 0 Å². The van der Waals surface area contributed by atoms with Gasteiger partial charge in [-0.1, -0.05) is 24.3 Å². The minimum Gasteiger partial charge on any atom is -0.382 e. The van der Waals surface area contributed by atoms with Gasteiger partial charge in [-0.05, 0) is 12.5 Å². The minimum atomic E-state index is 0. The lowest BCUT2D eigenvalue weighted by molar-refractivity contribution is 0.243. The Morgan fingerprint density at radius 2 is 2.08 bits per heavy atom. The van der Waals surface area contributed by atoms with Crippen LogP contribution in [0.15, 0.2) is 36.5 Å². The Bertz CT molecular complexity index is 286. The van der Waals surface area contributed by atoms with Crippen molar-refractivity contribution in [2.45, 2.75) is 6.42 Å². The van der Waals surface area contributed by atoms with Crippen LogP contribution >= 0.6 is 12.4 Å². The average Bonchev–Trinajstić information content (AvgIpc) is 2.28. The fraction of sp³-hybridized carbons (Fsp3) is 0.111. The summed E-state index contributed by atoms with van der Waals surface area (Å²) in [6.07, 6.45) is 4.77. The molecule has 1 aliphatic rings. The zero-order valence-electron chi connectivity index (χ0n) is 6.49. The van der Waals surface area contributed by atoms with E-state index in [4.69, 9.17) is 4.84 Å². The van der Waals surface area contributed by atoms with Crippen LogP contribution in [0.5, 0.6) is 5.75 Å². The number of hydrogen-bond donors (Lipinski definition) is 1. The second-order valence-electron chi connectivity index (χ2n) is 2.43. The van der Waals surface area contributed by atoms with Gasteiger partial charge in [0.15, 0.2) is 5.75 Å². The summed E-state index contributed by atoms with van der Waals surface area (Å²) in [4.78, 5) is 5.21. The smallest absolute Gasteiger partial charge is 0.158 e. The molecule has 0 bridgehead atoms. The fourth-order valence-corrected chi connectivity index (χ4v) is 1.10. The molecule has 0 saturated carbocycles. The molecule has 0 aliphatic carbocycles. The molecule has 2 rings (SSSR count). The first-order valence-corrected chi connectivity index (χ1v) is 3.62. The quantitative estimate of drug-likeness (QED) is 0.665. The number of benzene rings is 1. The van der Waals surface area contributed by atoms with E-state index in [1.807, 2.05) is 24.3 Å². The predicted octanol–water partition coefficient (Wildman–Crippen LogP) is 2.06. The summed E-state index contributed by atoms with van der Waals surface area (Å²) in [5.74, 6) is 0.914. The fourth-order valence-electron chi connectivity index (χ4n) is 1.10. The minimum absolute atomic E-state index is 0. The first kappa shape index (κ1) is 8.94. The van der Waals surface area contributed by atoms with Gasteiger partial charge in [0.05, 0.1) is 0 Å². The van der Waals surface area contributed by atoms with Crippen LogP contribution in [0.2, 0.25) is 0 Å². The molecule has 0 fully saturated rings. The number of para-hydroxylation sites is 1. The molecule has 0 radical (unpaired) electrons. The highest BCUT2D eigenvalue weighted by Gasteiger charge is 2.02. The molecule has 0 spiro atoms. The summed E-state index contributed by atoms with van der Waals surface area (Å²) < 4.78 is 0. The largest absolute Gasteiger partial charge is 0.382 e. The molecule has 0 aromatic heterocycles. The third kappa shape index (κ3) is 1.71. The second-order valence-corrected chi connectivity index (χ2v) is 2.43. The van der Waals surface area contributed by atoms with Crippen LogP contribution in [0.1, 0.15) is 5.56 Å². The SMILES string of the molecule is C1=CNOc2ccccc2C1.Cl. The first-order chi connectivity index (χ1) is 5.47. The summed E-state index contributed by atoms with van der Waals surface area (Å²) in [6, 6.07) is 8.00. The van der Waals surface area contributed by atoms with Crippen LogP contribution in [0.25, 0.3) is 0 Å². The third-order valence-corrected chi connectivity index (χ3v) is 1.67. The van der Waals surface area contributed by atoms with Crippen LogP contribution < -0.4 is 10.3 Å². The highest BCUT2D eigenvalue weighted by molar-refractivity contribution is 5.85. The van der Waals surface area contributed by atoms with Gasteiger partial charge in [-0.2, -0.15) is 0 Å². The maximum Gasteiger partial charge on any atom is 0.158 e. The van der Waals surface area contributed by atoms with Gasteiger partial charge < -0.3 is 4.84 Å². The van der Waals surface area contributed by atoms with E-state index in [0.717, 1.165) is 12.2 Å². The Morgan fingerprint density at radius 1 is 1.25 bits per heavy atom. The molecule has 0 amide bonds. The van der Waals surface area contributed by atoms with Gasteiger partial charge in [-0.25, -0.2) is 5.48 Å². The van der Waals surface area contributed by atoms with Crippen LogP contribution in [-0.2, 0) is 6.42 Å². The highest BCUT2D eigenvalue weighted by atomic mass is 35.5. The van der Waals surface area contributed by atoms with E-state index in [9.17, 15) is 0 Å². The third-order valence-electron chi connectivity index (χ3n) is 1.67. The van der Waals surface area contributed by atoms with E-state index in [0.29, 0.717) is 0 Å². The number of allylic oxidation sites excluding steroid dienone is 1. The number of nitrogens with one attached hydrogen (secondary N) is 1. The number of halogens is 1. The topological polar surface area (TPSA) is 21.3 Å². The van der Waals surface area contributed by atoms with Crippen molar-refractivity contribution in [2.75, 3.05) is 0 Å². The molecule has 3 heteroatoms. The van der Waals surface area contributed by atoms with Crippen molar-refractivity contribution >= 4 is 12.4 Å². The molecule has 1 aromatic carbocycles. The molecule has 0 unspecified atom stereocenters. The number of fused-ring (bicyclic) bond motifs is 1. The summed E-state index contributed by atoms with van der Waals surface area (Å²) >= 11 is 0. The molecule has 1 aliphatic heterocycles.